The Labute approximate surface area is 171 Å². The van der Waals surface area contributed by atoms with Gasteiger partial charge >= 0.3 is 5.97 Å². The van der Waals surface area contributed by atoms with E-state index in [1.165, 1.54) is 24.3 Å². The van der Waals surface area contributed by atoms with Gasteiger partial charge in [-0.25, -0.2) is 4.39 Å². The van der Waals surface area contributed by atoms with Crippen molar-refractivity contribution < 1.29 is 23.8 Å². The van der Waals surface area contributed by atoms with E-state index in [0.717, 1.165) is 18.4 Å². The summed E-state index contributed by atoms with van der Waals surface area (Å²) in [5.41, 5.74) is 1.33. The first kappa shape index (κ1) is 22.4. The van der Waals surface area contributed by atoms with Crippen LogP contribution in [-0.4, -0.2) is 34.5 Å². The highest BCUT2D eigenvalue weighted by Gasteiger charge is 2.20. The number of hydrogen-bond acceptors (Lipinski definition) is 3. The average Bonchev–Trinajstić information content (AvgIpc) is 2.69. The largest absolute Gasteiger partial charge is 0.493 e. The first-order chi connectivity index (χ1) is 13.9. The van der Waals surface area contributed by atoms with Crippen LogP contribution in [0.15, 0.2) is 48.5 Å². The van der Waals surface area contributed by atoms with Crippen molar-refractivity contribution in [3.05, 3.63) is 65.5 Å². The van der Waals surface area contributed by atoms with Crippen LogP contribution in [0, 0.1) is 5.82 Å². The smallest absolute Gasteiger partial charge is 0.303 e. The van der Waals surface area contributed by atoms with Crippen molar-refractivity contribution in [3.63, 3.8) is 0 Å². The first-order valence-electron chi connectivity index (χ1n) is 9.87. The molecule has 0 aromatic heterocycles. The third-order valence-corrected chi connectivity index (χ3v) is 4.58. The van der Waals surface area contributed by atoms with Crippen LogP contribution in [0.3, 0.4) is 0 Å². The lowest BCUT2D eigenvalue weighted by molar-refractivity contribution is -0.137. The number of nitrogens with zero attached hydrogens (tertiary/aromatic N) is 1. The lowest BCUT2D eigenvalue weighted by Crippen LogP contribution is -2.36. The molecule has 5 nitrogen and oxygen atoms in total. The summed E-state index contributed by atoms with van der Waals surface area (Å²) in [6, 6.07) is 13.1. The minimum absolute atomic E-state index is 0.0448. The van der Waals surface area contributed by atoms with E-state index in [2.05, 4.69) is 0 Å². The van der Waals surface area contributed by atoms with Crippen LogP contribution in [0.1, 0.15) is 55.5 Å². The molecule has 6 heteroatoms. The van der Waals surface area contributed by atoms with E-state index in [1.807, 2.05) is 38.1 Å². The zero-order chi connectivity index (χ0) is 21.2. The molecule has 1 amide bonds. The van der Waals surface area contributed by atoms with Gasteiger partial charge in [-0.3, -0.25) is 9.59 Å². The van der Waals surface area contributed by atoms with Crippen molar-refractivity contribution in [3.8, 4) is 5.75 Å². The van der Waals surface area contributed by atoms with Crippen LogP contribution < -0.4 is 4.74 Å². The monoisotopic (exact) mass is 401 g/mol. The molecule has 29 heavy (non-hydrogen) atoms. The summed E-state index contributed by atoms with van der Waals surface area (Å²) in [5.74, 6) is -0.609. The van der Waals surface area contributed by atoms with Gasteiger partial charge in [-0.2, -0.15) is 0 Å². The number of rotatable bonds is 11. The molecule has 2 rings (SSSR count). The predicted molar refractivity (Wildman–Crippen MR) is 109 cm³/mol. The number of amides is 1. The second kappa shape index (κ2) is 11.2. The average molecular weight is 401 g/mol. The van der Waals surface area contributed by atoms with E-state index < -0.39 is 5.97 Å². The first-order valence-corrected chi connectivity index (χ1v) is 9.87. The summed E-state index contributed by atoms with van der Waals surface area (Å²) in [4.78, 5) is 25.2. The second-order valence-electron chi connectivity index (χ2n) is 7.19. The summed E-state index contributed by atoms with van der Waals surface area (Å²) in [7, 11) is 0. The van der Waals surface area contributed by atoms with E-state index in [1.54, 1.807) is 4.90 Å². The van der Waals surface area contributed by atoms with Gasteiger partial charge in [0.1, 0.15) is 11.6 Å². The number of para-hydroxylation sites is 1. The van der Waals surface area contributed by atoms with E-state index in [4.69, 9.17) is 9.84 Å². The summed E-state index contributed by atoms with van der Waals surface area (Å²) in [6.07, 6.45) is 2.36. The van der Waals surface area contributed by atoms with E-state index in [-0.39, 0.29) is 24.2 Å². The van der Waals surface area contributed by atoms with Gasteiger partial charge in [0, 0.05) is 30.1 Å². The van der Waals surface area contributed by atoms with Crippen molar-refractivity contribution >= 4 is 11.9 Å². The molecule has 0 aliphatic carbocycles. The number of carboxylic acids is 1. The molecule has 0 saturated carbocycles. The molecule has 0 aliphatic heterocycles. The maximum Gasteiger partial charge on any atom is 0.303 e. The van der Waals surface area contributed by atoms with Crippen LogP contribution in [-0.2, 0) is 11.3 Å². The number of hydrogen-bond donors (Lipinski definition) is 1. The van der Waals surface area contributed by atoms with Gasteiger partial charge in [-0.05, 0) is 63.4 Å². The highest BCUT2D eigenvalue weighted by atomic mass is 19.1. The van der Waals surface area contributed by atoms with Crippen LogP contribution in [0.5, 0.6) is 5.75 Å². The topological polar surface area (TPSA) is 66.8 Å². The van der Waals surface area contributed by atoms with Gasteiger partial charge < -0.3 is 14.7 Å². The molecule has 0 unspecified atom stereocenters. The Morgan fingerprint density at radius 3 is 2.38 bits per heavy atom. The molecule has 0 atom stereocenters. The highest BCUT2D eigenvalue weighted by molar-refractivity contribution is 5.94. The molecule has 0 aliphatic rings. The molecule has 0 heterocycles. The van der Waals surface area contributed by atoms with Crippen LogP contribution >= 0.6 is 0 Å². The number of halogens is 1. The van der Waals surface area contributed by atoms with Gasteiger partial charge in [-0.1, -0.05) is 18.2 Å². The third-order valence-electron chi connectivity index (χ3n) is 4.58. The quantitative estimate of drug-likeness (QED) is 0.544. The number of aliphatic carboxylic acids is 1. The van der Waals surface area contributed by atoms with Gasteiger partial charge in [0.25, 0.3) is 5.91 Å². The van der Waals surface area contributed by atoms with Crippen molar-refractivity contribution in [1.29, 1.82) is 0 Å². The highest BCUT2D eigenvalue weighted by Crippen LogP contribution is 2.23. The van der Waals surface area contributed by atoms with E-state index in [9.17, 15) is 14.0 Å². The molecule has 0 fully saturated rings. The Hall–Kier alpha value is -2.89. The molecular formula is C23H28FNO4. The van der Waals surface area contributed by atoms with Crippen LogP contribution in [0.25, 0.3) is 0 Å². The van der Waals surface area contributed by atoms with E-state index >= 15 is 0 Å². The molecule has 2 aromatic carbocycles. The second-order valence-corrected chi connectivity index (χ2v) is 7.19. The summed E-state index contributed by atoms with van der Waals surface area (Å²) < 4.78 is 19.1. The standard InChI is InChI=1S/C23H28FNO4/c1-17(2)25(23(28)18-11-13-20(24)14-12-18)16-19-8-5-6-9-21(19)29-15-7-3-4-10-22(26)27/h5-6,8-9,11-14,17H,3-4,7,10,15-16H2,1-2H3,(H,26,27). The normalized spacial score (nSPS) is 10.8. The Morgan fingerprint density at radius 2 is 1.72 bits per heavy atom. The van der Waals surface area contributed by atoms with E-state index in [0.29, 0.717) is 30.9 Å². The van der Waals surface area contributed by atoms with Gasteiger partial charge in [0.05, 0.1) is 6.61 Å². The SMILES string of the molecule is CC(C)N(Cc1ccccc1OCCCCCC(=O)O)C(=O)c1ccc(F)cc1. The Balaban J connectivity index is 2.01. The van der Waals surface area contributed by atoms with Crippen molar-refractivity contribution in [2.75, 3.05) is 6.61 Å². The van der Waals surface area contributed by atoms with Gasteiger partial charge in [0.2, 0.25) is 0 Å². The van der Waals surface area contributed by atoms with Crippen LogP contribution in [0.4, 0.5) is 4.39 Å². The van der Waals surface area contributed by atoms with Crippen molar-refractivity contribution in [1.82, 2.24) is 4.90 Å². The molecule has 2 aromatic rings. The maximum atomic E-state index is 13.2. The third kappa shape index (κ3) is 7.22. The van der Waals surface area contributed by atoms with Gasteiger partial charge in [0.15, 0.2) is 0 Å². The Morgan fingerprint density at radius 1 is 1.03 bits per heavy atom. The number of ether oxygens (including phenoxy) is 1. The fourth-order valence-electron chi connectivity index (χ4n) is 2.94. The number of unbranched alkanes of at least 4 members (excludes halogenated alkanes) is 2. The molecule has 0 spiro atoms. The molecule has 156 valence electrons. The molecule has 0 saturated heterocycles. The zero-order valence-corrected chi connectivity index (χ0v) is 16.9. The predicted octanol–water partition coefficient (Wildman–Crippen LogP) is 4.90. The Bertz CT molecular complexity index is 805. The minimum atomic E-state index is -0.782. The zero-order valence-electron chi connectivity index (χ0n) is 16.9. The van der Waals surface area contributed by atoms with Crippen molar-refractivity contribution in [2.45, 2.75) is 52.1 Å². The molecular weight excluding hydrogens is 373 g/mol. The Kier molecular flexibility index (Phi) is 8.65. The molecule has 0 radical (unpaired) electrons. The summed E-state index contributed by atoms with van der Waals surface area (Å²) >= 11 is 0. The lowest BCUT2D eigenvalue weighted by atomic mass is 10.1. The summed E-state index contributed by atoms with van der Waals surface area (Å²) in [6.45, 7) is 4.74. The number of carbonyl (C=O) groups is 2. The fraction of sp³-hybridized carbons (Fsp3) is 0.391. The minimum Gasteiger partial charge on any atom is -0.493 e. The number of carbonyl (C=O) groups excluding carboxylic acids is 1. The van der Waals surface area contributed by atoms with Crippen molar-refractivity contribution in [2.24, 2.45) is 0 Å². The summed E-state index contributed by atoms with van der Waals surface area (Å²) in [5, 5.41) is 8.67. The number of benzene rings is 2. The molecule has 0 bridgehead atoms. The molecule has 1 N–H and O–H groups in total. The lowest BCUT2D eigenvalue weighted by Gasteiger charge is -2.28. The fourth-order valence-corrected chi connectivity index (χ4v) is 2.94. The maximum absolute atomic E-state index is 13.2. The van der Waals surface area contributed by atoms with Crippen LogP contribution in [0.2, 0.25) is 0 Å². The van der Waals surface area contributed by atoms with Gasteiger partial charge in [-0.15, -0.1) is 0 Å². The number of carboxylic acid groups (broad SMARTS) is 1.